The standard InChI is InChI=1S/C7H15IN3S2/c9-5-8-13-7-2-1-6(7)12-4-3-11-10/h6-7,10H,1-5,9H2/q-1. The second-order valence-corrected chi connectivity index (χ2v) is 9.38. The molecular formula is C7H15IN3S2-. The summed E-state index contributed by atoms with van der Waals surface area (Å²) in [4.78, 5) is 0. The van der Waals surface area contributed by atoms with E-state index in [1.54, 1.807) is 0 Å². The molecule has 1 rings (SSSR count). The van der Waals surface area contributed by atoms with Gasteiger partial charge in [0.1, 0.15) is 0 Å². The maximum atomic E-state index is 6.68. The Hall–Kier alpha value is 0.990. The molecule has 2 atom stereocenters. The summed E-state index contributed by atoms with van der Waals surface area (Å²) in [5.74, 6) is 1.02. The van der Waals surface area contributed by atoms with Crippen LogP contribution >= 0.6 is 20.7 Å². The molecule has 0 aromatic heterocycles. The molecular weight excluding hydrogens is 317 g/mol. The third-order valence-corrected chi connectivity index (χ3v) is 8.67. The van der Waals surface area contributed by atoms with Gasteiger partial charge in [0.2, 0.25) is 0 Å². The zero-order chi connectivity index (χ0) is 9.52. The number of halogens is 1. The van der Waals surface area contributed by atoms with E-state index in [0.717, 1.165) is 20.8 Å². The Morgan fingerprint density at radius 1 is 1.46 bits per heavy atom. The predicted molar refractivity (Wildman–Crippen MR) is 55.9 cm³/mol. The summed E-state index contributed by atoms with van der Waals surface area (Å²) in [5.41, 5.74) is 12.2. The number of rotatable bonds is 7. The Kier molecular flexibility index (Phi) is 6.78. The van der Waals surface area contributed by atoms with Crippen molar-refractivity contribution in [1.29, 1.82) is 5.53 Å². The van der Waals surface area contributed by atoms with Crippen molar-refractivity contribution in [2.24, 2.45) is 10.8 Å². The quantitative estimate of drug-likeness (QED) is 0.205. The van der Waals surface area contributed by atoms with Crippen LogP contribution in [-0.2, 0) is 0 Å². The monoisotopic (exact) mass is 332 g/mol. The number of nitrogens with two attached hydrogens (primary N) is 1. The minimum absolute atomic E-state index is 0.206. The van der Waals surface area contributed by atoms with Crippen LogP contribution in [0.4, 0.5) is 0 Å². The summed E-state index contributed by atoms with van der Waals surface area (Å²) in [6.45, 7) is 0.685. The fourth-order valence-corrected chi connectivity index (χ4v) is 7.80. The molecule has 1 fully saturated rings. The Morgan fingerprint density at radius 3 is 2.77 bits per heavy atom. The number of thioether (sulfide) groups is 1. The van der Waals surface area contributed by atoms with Crippen molar-refractivity contribution in [2.75, 3.05) is 16.8 Å². The molecule has 3 nitrogen and oxygen atoms in total. The van der Waals surface area contributed by atoms with Gasteiger partial charge in [-0.05, 0) is 0 Å². The SMILES string of the molecule is N=NCCSC1CCC1S[I-]CN. The Balaban J connectivity index is 2.02. The molecule has 0 aliphatic heterocycles. The van der Waals surface area contributed by atoms with E-state index in [1.807, 2.05) is 11.8 Å². The first-order valence-corrected chi connectivity index (χ1v) is 10.3. The summed E-state index contributed by atoms with van der Waals surface area (Å²) >= 11 is 2.19. The fraction of sp³-hybridized carbons (Fsp3) is 1.00. The van der Waals surface area contributed by atoms with Crippen LogP contribution in [0.3, 0.4) is 0 Å². The van der Waals surface area contributed by atoms with Crippen LogP contribution in [0, 0.1) is 5.53 Å². The molecule has 1 aliphatic rings. The van der Waals surface area contributed by atoms with Crippen LogP contribution < -0.4 is 25.6 Å². The van der Waals surface area contributed by atoms with Crippen molar-refractivity contribution in [3.8, 4) is 0 Å². The molecule has 2 unspecified atom stereocenters. The molecule has 0 aromatic rings. The summed E-state index contributed by atoms with van der Waals surface area (Å²) in [6, 6.07) is 0. The number of hydrogen-bond donors (Lipinski definition) is 2. The molecule has 78 valence electrons. The Morgan fingerprint density at radius 2 is 2.23 bits per heavy atom. The van der Waals surface area contributed by atoms with Gasteiger partial charge in [0.05, 0.1) is 0 Å². The molecule has 0 heterocycles. The van der Waals surface area contributed by atoms with Crippen LogP contribution in [0.15, 0.2) is 5.11 Å². The van der Waals surface area contributed by atoms with E-state index in [9.17, 15) is 0 Å². The molecule has 0 spiro atoms. The van der Waals surface area contributed by atoms with Crippen LogP contribution in [-0.4, -0.2) is 27.3 Å². The first-order chi connectivity index (χ1) is 6.38. The summed E-state index contributed by atoms with van der Waals surface area (Å²) in [6.07, 6.45) is 2.73. The average molecular weight is 332 g/mol. The Labute approximate surface area is 96.6 Å². The van der Waals surface area contributed by atoms with E-state index in [4.69, 9.17) is 11.3 Å². The molecule has 0 amide bonds. The molecule has 6 heteroatoms. The van der Waals surface area contributed by atoms with Crippen molar-refractivity contribution in [3.05, 3.63) is 0 Å². The van der Waals surface area contributed by atoms with Crippen molar-refractivity contribution >= 4 is 20.7 Å². The number of nitrogens with zero attached hydrogens (tertiary/aromatic N) is 1. The molecule has 1 aliphatic carbocycles. The van der Waals surface area contributed by atoms with Crippen LogP contribution in [0.2, 0.25) is 0 Å². The number of nitrogens with one attached hydrogen (secondary N) is 1. The third kappa shape index (κ3) is 4.35. The van der Waals surface area contributed by atoms with Gasteiger partial charge in [0.25, 0.3) is 0 Å². The molecule has 0 aromatic carbocycles. The van der Waals surface area contributed by atoms with Gasteiger partial charge >= 0.3 is 97.1 Å². The van der Waals surface area contributed by atoms with E-state index in [-0.39, 0.29) is 19.8 Å². The van der Waals surface area contributed by atoms with Crippen LogP contribution in [0.25, 0.3) is 0 Å². The number of hydrogen-bond acceptors (Lipinski definition) is 5. The van der Waals surface area contributed by atoms with Gasteiger partial charge in [-0.25, -0.2) is 0 Å². The molecule has 13 heavy (non-hydrogen) atoms. The fourth-order valence-electron chi connectivity index (χ4n) is 1.10. The third-order valence-electron chi connectivity index (χ3n) is 1.93. The van der Waals surface area contributed by atoms with Gasteiger partial charge in [0, 0.05) is 0 Å². The predicted octanol–water partition coefficient (Wildman–Crippen LogP) is -1.07. The molecule has 0 radical (unpaired) electrons. The van der Waals surface area contributed by atoms with E-state index >= 15 is 0 Å². The van der Waals surface area contributed by atoms with Gasteiger partial charge < -0.3 is 0 Å². The van der Waals surface area contributed by atoms with Crippen molar-refractivity contribution in [3.63, 3.8) is 0 Å². The minimum atomic E-state index is 0.206. The average Bonchev–Trinajstić information content (AvgIpc) is 2.11. The summed E-state index contributed by atoms with van der Waals surface area (Å²) in [7, 11) is 2.12. The van der Waals surface area contributed by atoms with Gasteiger partial charge in [-0.1, -0.05) is 0 Å². The van der Waals surface area contributed by atoms with Crippen molar-refractivity contribution < 1.29 is 19.8 Å². The van der Waals surface area contributed by atoms with Crippen molar-refractivity contribution in [1.82, 2.24) is 0 Å². The van der Waals surface area contributed by atoms with Gasteiger partial charge in [-0.15, -0.1) is 0 Å². The zero-order valence-corrected chi connectivity index (χ0v) is 11.2. The maximum absolute atomic E-state index is 6.68. The van der Waals surface area contributed by atoms with E-state index in [0.29, 0.717) is 6.54 Å². The van der Waals surface area contributed by atoms with Gasteiger partial charge in [0.15, 0.2) is 0 Å². The topological polar surface area (TPSA) is 62.2 Å². The zero-order valence-electron chi connectivity index (χ0n) is 7.41. The van der Waals surface area contributed by atoms with Crippen LogP contribution in [0.1, 0.15) is 12.8 Å². The first kappa shape index (κ1) is 12.1. The van der Waals surface area contributed by atoms with Crippen LogP contribution in [0.5, 0.6) is 0 Å². The second kappa shape index (κ2) is 7.30. The Bertz CT molecular complexity index is 159. The molecule has 0 saturated heterocycles. The van der Waals surface area contributed by atoms with Crippen molar-refractivity contribution in [2.45, 2.75) is 23.3 Å². The number of alkyl halides is 1. The summed E-state index contributed by atoms with van der Waals surface area (Å²) in [5, 5.41) is 5.06. The van der Waals surface area contributed by atoms with E-state index < -0.39 is 0 Å². The normalized spacial score (nSPS) is 27.2. The van der Waals surface area contributed by atoms with E-state index in [1.165, 1.54) is 12.8 Å². The molecule has 3 N–H and O–H groups in total. The van der Waals surface area contributed by atoms with Gasteiger partial charge in [-0.2, -0.15) is 0 Å². The second-order valence-electron chi connectivity index (χ2n) is 2.76. The molecule has 1 saturated carbocycles. The summed E-state index contributed by atoms with van der Waals surface area (Å²) < 4.78 is 0.902. The van der Waals surface area contributed by atoms with Gasteiger partial charge in [-0.3, -0.25) is 0 Å². The van der Waals surface area contributed by atoms with E-state index in [2.05, 4.69) is 14.0 Å². The molecule has 0 bridgehead atoms. The first-order valence-electron chi connectivity index (χ1n) is 4.28.